The SMILES string of the molecule is CCOC(=O)Cc1csc(NN=Cc2cccc(OC)c2OCc2ccccc2C)n1. The zero-order valence-electron chi connectivity index (χ0n) is 17.8. The van der Waals surface area contributed by atoms with Crippen LogP contribution in [0.4, 0.5) is 5.13 Å². The van der Waals surface area contributed by atoms with E-state index in [1.807, 2.05) is 36.4 Å². The first-order valence-corrected chi connectivity index (χ1v) is 10.7. The molecule has 0 atom stereocenters. The number of aromatic nitrogens is 1. The van der Waals surface area contributed by atoms with Gasteiger partial charge in [0.25, 0.3) is 0 Å². The molecule has 0 unspecified atom stereocenters. The van der Waals surface area contributed by atoms with Crippen molar-refractivity contribution < 1.29 is 19.0 Å². The molecule has 0 aliphatic rings. The number of benzene rings is 2. The summed E-state index contributed by atoms with van der Waals surface area (Å²) in [5.41, 5.74) is 6.57. The van der Waals surface area contributed by atoms with Gasteiger partial charge in [0.2, 0.25) is 5.13 Å². The van der Waals surface area contributed by atoms with E-state index in [0.717, 1.165) is 16.7 Å². The molecule has 0 saturated carbocycles. The number of methoxy groups -OCH3 is 1. The Bertz CT molecular complexity index is 1050. The molecule has 0 saturated heterocycles. The first kappa shape index (κ1) is 22.3. The second kappa shape index (κ2) is 11.1. The van der Waals surface area contributed by atoms with Crippen molar-refractivity contribution >= 4 is 28.7 Å². The van der Waals surface area contributed by atoms with Crippen molar-refractivity contribution in [3.8, 4) is 11.5 Å². The highest BCUT2D eigenvalue weighted by Crippen LogP contribution is 2.31. The first-order valence-electron chi connectivity index (χ1n) is 9.84. The number of nitrogens with zero attached hydrogens (tertiary/aromatic N) is 2. The summed E-state index contributed by atoms with van der Waals surface area (Å²) in [6.45, 7) is 4.60. The summed E-state index contributed by atoms with van der Waals surface area (Å²) < 4.78 is 16.5. The molecular formula is C23H25N3O4S. The smallest absolute Gasteiger partial charge is 0.311 e. The van der Waals surface area contributed by atoms with Gasteiger partial charge in [0, 0.05) is 10.9 Å². The number of carbonyl (C=O) groups excluding carboxylic acids is 1. The summed E-state index contributed by atoms with van der Waals surface area (Å²) in [6, 6.07) is 13.7. The number of aryl methyl sites for hydroxylation is 1. The largest absolute Gasteiger partial charge is 0.493 e. The molecule has 0 radical (unpaired) electrons. The normalized spacial score (nSPS) is 10.8. The summed E-state index contributed by atoms with van der Waals surface area (Å²) in [5.74, 6) is 0.944. The van der Waals surface area contributed by atoms with Crippen molar-refractivity contribution in [2.24, 2.45) is 5.10 Å². The van der Waals surface area contributed by atoms with E-state index < -0.39 is 0 Å². The van der Waals surface area contributed by atoms with Crippen molar-refractivity contribution in [2.75, 3.05) is 19.1 Å². The highest BCUT2D eigenvalue weighted by atomic mass is 32.1. The third kappa shape index (κ3) is 6.29. The molecule has 3 aromatic rings. The van der Waals surface area contributed by atoms with E-state index in [9.17, 15) is 4.79 Å². The Morgan fingerprint density at radius 2 is 2.06 bits per heavy atom. The first-order chi connectivity index (χ1) is 15.1. The van der Waals surface area contributed by atoms with Gasteiger partial charge >= 0.3 is 5.97 Å². The Hall–Kier alpha value is -3.39. The lowest BCUT2D eigenvalue weighted by Crippen LogP contribution is -2.07. The lowest BCUT2D eigenvalue weighted by molar-refractivity contribution is -0.142. The number of hydrogen-bond donors (Lipinski definition) is 1. The molecule has 1 heterocycles. The Morgan fingerprint density at radius 1 is 1.23 bits per heavy atom. The molecule has 7 nitrogen and oxygen atoms in total. The fourth-order valence-electron chi connectivity index (χ4n) is 2.83. The zero-order chi connectivity index (χ0) is 22.1. The van der Waals surface area contributed by atoms with Gasteiger partial charge in [0.05, 0.1) is 32.0 Å². The molecule has 1 aromatic heterocycles. The minimum Gasteiger partial charge on any atom is -0.493 e. The van der Waals surface area contributed by atoms with E-state index >= 15 is 0 Å². The van der Waals surface area contributed by atoms with Gasteiger partial charge in [0.15, 0.2) is 11.5 Å². The second-order valence-corrected chi connectivity index (χ2v) is 7.45. The maximum atomic E-state index is 11.6. The molecule has 1 N–H and O–H groups in total. The molecule has 0 aliphatic heterocycles. The molecule has 31 heavy (non-hydrogen) atoms. The average Bonchev–Trinajstić information content (AvgIpc) is 3.20. The number of hydrazone groups is 1. The van der Waals surface area contributed by atoms with Crippen molar-refractivity contribution in [1.82, 2.24) is 4.98 Å². The van der Waals surface area contributed by atoms with Crippen molar-refractivity contribution in [2.45, 2.75) is 26.9 Å². The number of esters is 1. The molecule has 2 aromatic carbocycles. The van der Waals surface area contributed by atoms with Gasteiger partial charge in [-0.3, -0.25) is 10.2 Å². The van der Waals surface area contributed by atoms with Crippen LogP contribution in [0.2, 0.25) is 0 Å². The topological polar surface area (TPSA) is 82.0 Å². The molecule has 162 valence electrons. The van der Waals surface area contributed by atoms with E-state index in [1.54, 1.807) is 25.6 Å². The maximum absolute atomic E-state index is 11.6. The van der Waals surface area contributed by atoms with Crippen LogP contribution in [0.3, 0.4) is 0 Å². The van der Waals surface area contributed by atoms with Crippen LogP contribution in [0.25, 0.3) is 0 Å². The van der Waals surface area contributed by atoms with Crippen LogP contribution in [0.1, 0.15) is 29.3 Å². The summed E-state index contributed by atoms with van der Waals surface area (Å²) in [6.07, 6.45) is 1.80. The van der Waals surface area contributed by atoms with Crippen LogP contribution in [0.15, 0.2) is 52.9 Å². The van der Waals surface area contributed by atoms with Crippen molar-refractivity contribution in [3.63, 3.8) is 0 Å². The van der Waals surface area contributed by atoms with Gasteiger partial charge in [-0.05, 0) is 37.1 Å². The number of carbonyl (C=O) groups is 1. The molecule has 8 heteroatoms. The Morgan fingerprint density at radius 3 is 2.84 bits per heavy atom. The predicted molar refractivity (Wildman–Crippen MR) is 122 cm³/mol. The second-order valence-electron chi connectivity index (χ2n) is 6.59. The van der Waals surface area contributed by atoms with Crippen LogP contribution in [0, 0.1) is 6.92 Å². The third-order valence-electron chi connectivity index (χ3n) is 4.41. The molecule has 0 amide bonds. The van der Waals surface area contributed by atoms with Gasteiger partial charge < -0.3 is 14.2 Å². The van der Waals surface area contributed by atoms with Crippen LogP contribution >= 0.6 is 11.3 Å². The quantitative estimate of drug-likeness (QED) is 0.283. The van der Waals surface area contributed by atoms with Crippen molar-refractivity contribution in [3.05, 3.63) is 70.2 Å². The number of rotatable bonds is 10. The van der Waals surface area contributed by atoms with Gasteiger partial charge in [0.1, 0.15) is 6.61 Å². The van der Waals surface area contributed by atoms with Gasteiger partial charge in [-0.1, -0.05) is 30.3 Å². The summed E-state index contributed by atoms with van der Waals surface area (Å²) in [7, 11) is 1.61. The van der Waals surface area contributed by atoms with E-state index in [4.69, 9.17) is 14.2 Å². The highest BCUT2D eigenvalue weighted by molar-refractivity contribution is 7.13. The van der Waals surface area contributed by atoms with Crippen LogP contribution < -0.4 is 14.9 Å². The Labute approximate surface area is 185 Å². The summed E-state index contributed by atoms with van der Waals surface area (Å²) in [5, 5.41) is 6.66. The summed E-state index contributed by atoms with van der Waals surface area (Å²) >= 11 is 1.37. The highest BCUT2D eigenvalue weighted by Gasteiger charge is 2.11. The van der Waals surface area contributed by atoms with Crippen molar-refractivity contribution in [1.29, 1.82) is 0 Å². The molecular weight excluding hydrogens is 414 g/mol. The fourth-order valence-corrected chi connectivity index (χ4v) is 3.49. The Balaban J connectivity index is 1.68. The molecule has 0 aliphatic carbocycles. The lowest BCUT2D eigenvalue weighted by Gasteiger charge is -2.14. The zero-order valence-corrected chi connectivity index (χ0v) is 18.6. The minimum absolute atomic E-state index is 0.141. The number of ether oxygens (including phenoxy) is 3. The Kier molecular flexibility index (Phi) is 8.00. The monoisotopic (exact) mass is 439 g/mol. The van der Waals surface area contributed by atoms with Crippen LogP contribution in [-0.4, -0.2) is 30.9 Å². The number of anilines is 1. The van der Waals surface area contributed by atoms with E-state index in [0.29, 0.717) is 35.5 Å². The number of para-hydroxylation sites is 1. The van der Waals surface area contributed by atoms with E-state index in [1.165, 1.54) is 11.3 Å². The fraction of sp³-hybridized carbons (Fsp3) is 0.261. The van der Waals surface area contributed by atoms with Crippen LogP contribution in [0.5, 0.6) is 11.5 Å². The molecule has 3 rings (SSSR count). The summed E-state index contributed by atoms with van der Waals surface area (Å²) in [4.78, 5) is 15.9. The molecule has 0 spiro atoms. The average molecular weight is 440 g/mol. The van der Waals surface area contributed by atoms with E-state index in [2.05, 4.69) is 28.5 Å². The lowest BCUT2D eigenvalue weighted by atomic mass is 10.1. The van der Waals surface area contributed by atoms with Gasteiger partial charge in [-0.25, -0.2) is 4.98 Å². The van der Waals surface area contributed by atoms with Gasteiger partial charge in [-0.15, -0.1) is 11.3 Å². The molecule has 0 fully saturated rings. The minimum atomic E-state index is -0.297. The number of nitrogens with one attached hydrogen (secondary N) is 1. The van der Waals surface area contributed by atoms with Gasteiger partial charge in [-0.2, -0.15) is 5.10 Å². The molecule has 0 bridgehead atoms. The van der Waals surface area contributed by atoms with E-state index in [-0.39, 0.29) is 12.4 Å². The van der Waals surface area contributed by atoms with Crippen LogP contribution in [-0.2, 0) is 22.6 Å². The maximum Gasteiger partial charge on any atom is 0.311 e. The number of thiazole rings is 1. The number of hydrogen-bond acceptors (Lipinski definition) is 8. The third-order valence-corrected chi connectivity index (χ3v) is 5.20. The predicted octanol–water partition coefficient (Wildman–Crippen LogP) is 4.59. The standard InChI is InChI=1S/C23H25N3O4S/c1-4-29-21(27)12-19-15-31-23(25-19)26-24-13-17-10-7-11-20(28-3)22(17)30-14-18-9-6-5-8-16(18)2/h5-11,13,15H,4,12,14H2,1-3H3,(H,25,26).